The van der Waals surface area contributed by atoms with Gasteiger partial charge in [-0.05, 0) is 61.4 Å². The number of carbonyl (C=O) groups is 1. The zero-order valence-corrected chi connectivity index (χ0v) is 16.3. The molecule has 28 heavy (non-hydrogen) atoms. The minimum Gasteiger partial charge on any atom is -0.494 e. The summed E-state index contributed by atoms with van der Waals surface area (Å²) in [7, 11) is 0. The summed E-state index contributed by atoms with van der Waals surface area (Å²) < 4.78 is 7.79. The highest BCUT2D eigenvalue weighted by atomic mass is 16.5. The van der Waals surface area contributed by atoms with Crippen molar-refractivity contribution in [3.05, 3.63) is 83.7 Å². The Bertz CT molecular complexity index is 962. The van der Waals surface area contributed by atoms with Crippen LogP contribution in [0.4, 0.5) is 10.5 Å². The molecule has 4 rings (SSSR count). The molecule has 0 fully saturated rings. The molecule has 5 heteroatoms. The summed E-state index contributed by atoms with van der Waals surface area (Å²) in [4.78, 5) is 15.1. The van der Waals surface area contributed by atoms with Crippen LogP contribution in [0, 0.1) is 6.92 Å². The van der Waals surface area contributed by atoms with Gasteiger partial charge in [-0.1, -0.05) is 24.3 Å². The van der Waals surface area contributed by atoms with Crippen LogP contribution in [-0.2, 0) is 6.54 Å². The predicted molar refractivity (Wildman–Crippen MR) is 111 cm³/mol. The monoisotopic (exact) mass is 375 g/mol. The van der Waals surface area contributed by atoms with Crippen LogP contribution in [-0.4, -0.2) is 28.6 Å². The van der Waals surface area contributed by atoms with Gasteiger partial charge in [-0.3, -0.25) is 0 Å². The fourth-order valence-corrected chi connectivity index (χ4v) is 3.78. The first-order valence-corrected chi connectivity index (χ1v) is 9.68. The van der Waals surface area contributed by atoms with E-state index in [1.807, 2.05) is 73.3 Å². The minimum absolute atomic E-state index is 0.0862. The van der Waals surface area contributed by atoms with Gasteiger partial charge in [-0.2, -0.15) is 0 Å². The third-order valence-electron chi connectivity index (χ3n) is 5.08. The Balaban J connectivity index is 1.64. The van der Waals surface area contributed by atoms with E-state index in [1.165, 1.54) is 0 Å². The lowest BCUT2D eigenvalue weighted by atomic mass is 10.00. The van der Waals surface area contributed by atoms with Gasteiger partial charge in [0.2, 0.25) is 0 Å². The minimum atomic E-state index is -0.135. The molecule has 0 spiro atoms. The van der Waals surface area contributed by atoms with E-state index in [-0.39, 0.29) is 12.1 Å². The van der Waals surface area contributed by atoms with Crippen molar-refractivity contribution < 1.29 is 9.53 Å². The number of aryl methyl sites for hydroxylation is 1. The van der Waals surface area contributed by atoms with E-state index in [4.69, 9.17) is 4.74 Å². The number of rotatable bonds is 4. The summed E-state index contributed by atoms with van der Waals surface area (Å²) in [5.41, 5.74) is 4.13. The van der Waals surface area contributed by atoms with Crippen molar-refractivity contribution in [1.29, 1.82) is 0 Å². The maximum Gasteiger partial charge on any atom is 0.322 e. The summed E-state index contributed by atoms with van der Waals surface area (Å²) in [6, 6.07) is 19.8. The largest absolute Gasteiger partial charge is 0.494 e. The number of carbonyl (C=O) groups excluding carboxylic acids is 1. The maximum atomic E-state index is 13.1. The third-order valence-corrected chi connectivity index (χ3v) is 5.08. The highest BCUT2D eigenvalue weighted by molar-refractivity contribution is 5.90. The van der Waals surface area contributed by atoms with Crippen LogP contribution in [0.1, 0.15) is 29.8 Å². The maximum absolute atomic E-state index is 13.1. The van der Waals surface area contributed by atoms with Gasteiger partial charge >= 0.3 is 6.03 Å². The zero-order chi connectivity index (χ0) is 19.5. The normalized spacial score (nSPS) is 15.8. The smallest absolute Gasteiger partial charge is 0.322 e. The number of hydrogen-bond donors (Lipinski definition) is 1. The van der Waals surface area contributed by atoms with Crippen LogP contribution < -0.4 is 10.1 Å². The molecule has 1 atom stereocenters. The number of nitrogens with zero attached hydrogens (tertiary/aromatic N) is 2. The Labute approximate surface area is 165 Å². The molecule has 0 saturated heterocycles. The molecule has 5 nitrogen and oxygen atoms in total. The van der Waals surface area contributed by atoms with Crippen LogP contribution in [0.2, 0.25) is 0 Å². The zero-order valence-electron chi connectivity index (χ0n) is 16.3. The molecule has 0 radical (unpaired) electrons. The quantitative estimate of drug-likeness (QED) is 0.710. The first-order valence-electron chi connectivity index (χ1n) is 9.68. The number of amides is 2. The van der Waals surface area contributed by atoms with Crippen molar-refractivity contribution in [1.82, 2.24) is 9.47 Å². The number of nitrogens with one attached hydrogen (secondary N) is 1. The van der Waals surface area contributed by atoms with Gasteiger partial charge in [0.25, 0.3) is 0 Å². The number of hydrogen-bond acceptors (Lipinski definition) is 2. The summed E-state index contributed by atoms with van der Waals surface area (Å²) in [5, 5.41) is 3.06. The molecule has 0 saturated carbocycles. The second-order valence-corrected chi connectivity index (χ2v) is 7.02. The number of benzene rings is 2. The molecule has 1 aromatic heterocycles. The molecule has 1 aliphatic heterocycles. The van der Waals surface area contributed by atoms with Crippen LogP contribution in [0.25, 0.3) is 0 Å². The fraction of sp³-hybridized carbons (Fsp3) is 0.261. The third kappa shape index (κ3) is 3.60. The Morgan fingerprint density at radius 2 is 1.93 bits per heavy atom. The van der Waals surface area contributed by atoms with Gasteiger partial charge in [0, 0.05) is 30.7 Å². The van der Waals surface area contributed by atoms with E-state index in [2.05, 4.69) is 22.1 Å². The average molecular weight is 375 g/mol. The molecule has 2 amide bonds. The molecule has 2 heterocycles. The van der Waals surface area contributed by atoms with E-state index < -0.39 is 0 Å². The van der Waals surface area contributed by atoms with Crippen molar-refractivity contribution in [2.75, 3.05) is 18.5 Å². The van der Waals surface area contributed by atoms with Gasteiger partial charge in [0.05, 0.1) is 12.6 Å². The molecule has 2 aromatic carbocycles. The summed E-state index contributed by atoms with van der Waals surface area (Å²) >= 11 is 0. The number of ether oxygens (including phenoxy) is 1. The van der Waals surface area contributed by atoms with Gasteiger partial charge in [-0.15, -0.1) is 0 Å². The van der Waals surface area contributed by atoms with Crippen molar-refractivity contribution >= 4 is 11.7 Å². The van der Waals surface area contributed by atoms with Crippen LogP contribution in [0.3, 0.4) is 0 Å². The Hall–Kier alpha value is -3.21. The fourth-order valence-electron chi connectivity index (χ4n) is 3.78. The molecule has 1 aliphatic rings. The lowest BCUT2D eigenvalue weighted by Crippen LogP contribution is -2.44. The lowest BCUT2D eigenvalue weighted by Gasteiger charge is -2.37. The SMILES string of the molecule is CCOc1ccc([C@H]2c3cccn3CCN2C(=O)Nc2cccc(C)c2)cc1. The number of fused-ring (bicyclic) bond motifs is 1. The highest BCUT2D eigenvalue weighted by Crippen LogP contribution is 2.33. The van der Waals surface area contributed by atoms with Gasteiger partial charge in [0.15, 0.2) is 0 Å². The summed E-state index contributed by atoms with van der Waals surface area (Å²) in [5.74, 6) is 0.841. The van der Waals surface area contributed by atoms with Crippen LogP contribution >= 0.6 is 0 Å². The predicted octanol–water partition coefficient (Wildman–Crippen LogP) is 4.83. The van der Waals surface area contributed by atoms with Crippen molar-refractivity contribution in [3.63, 3.8) is 0 Å². The molecule has 144 valence electrons. The van der Waals surface area contributed by atoms with Gasteiger partial charge in [-0.25, -0.2) is 4.79 Å². The first kappa shape index (κ1) is 18.2. The topological polar surface area (TPSA) is 46.5 Å². The van der Waals surface area contributed by atoms with Gasteiger partial charge in [0.1, 0.15) is 5.75 Å². The standard InChI is InChI=1S/C23H25N3O2/c1-3-28-20-11-9-18(10-12-20)22-21-8-5-13-25(21)14-15-26(22)23(27)24-19-7-4-6-17(2)16-19/h4-13,16,22H,3,14-15H2,1-2H3,(H,24,27)/t22-/m0/s1. The lowest BCUT2D eigenvalue weighted by molar-refractivity contribution is 0.182. The summed E-state index contributed by atoms with van der Waals surface area (Å²) in [6.07, 6.45) is 2.08. The van der Waals surface area contributed by atoms with Crippen LogP contribution in [0.15, 0.2) is 66.9 Å². The van der Waals surface area contributed by atoms with E-state index >= 15 is 0 Å². The second kappa shape index (κ2) is 7.80. The van der Waals surface area contributed by atoms with Crippen LogP contribution in [0.5, 0.6) is 5.75 Å². The molecule has 0 unspecified atom stereocenters. The molecule has 1 N–H and O–H groups in total. The first-order chi connectivity index (χ1) is 13.7. The van der Waals surface area contributed by atoms with E-state index in [0.717, 1.165) is 34.8 Å². The van der Waals surface area contributed by atoms with Crippen molar-refractivity contribution in [2.24, 2.45) is 0 Å². The Kier molecular flexibility index (Phi) is 5.06. The Morgan fingerprint density at radius 3 is 2.68 bits per heavy atom. The highest BCUT2D eigenvalue weighted by Gasteiger charge is 2.32. The van der Waals surface area contributed by atoms with Crippen molar-refractivity contribution in [2.45, 2.75) is 26.4 Å². The van der Waals surface area contributed by atoms with Gasteiger partial charge < -0.3 is 19.5 Å². The number of anilines is 1. The van der Waals surface area contributed by atoms with E-state index in [0.29, 0.717) is 13.2 Å². The molecular weight excluding hydrogens is 350 g/mol. The average Bonchev–Trinajstić information content (AvgIpc) is 3.17. The number of aromatic nitrogens is 1. The molecule has 0 aliphatic carbocycles. The molecular formula is C23H25N3O2. The van der Waals surface area contributed by atoms with Crippen molar-refractivity contribution in [3.8, 4) is 5.75 Å². The number of urea groups is 1. The Morgan fingerprint density at radius 1 is 1.11 bits per heavy atom. The molecule has 3 aromatic rings. The summed E-state index contributed by atoms with van der Waals surface area (Å²) in [6.45, 7) is 6.07. The van der Waals surface area contributed by atoms with E-state index in [1.54, 1.807) is 0 Å². The molecule has 0 bridgehead atoms. The second-order valence-electron chi connectivity index (χ2n) is 7.02. The van der Waals surface area contributed by atoms with E-state index in [9.17, 15) is 4.79 Å².